The Kier molecular flexibility index (Phi) is 6.08. The molecule has 1 aliphatic rings. The molecule has 0 atom stereocenters. The van der Waals surface area contributed by atoms with Crippen LogP contribution in [0.25, 0.3) is 5.57 Å². The van der Waals surface area contributed by atoms with Crippen LogP contribution in [-0.2, 0) is 9.47 Å². The quantitative estimate of drug-likeness (QED) is 0.774. The normalized spacial score (nSPS) is 13.7. The van der Waals surface area contributed by atoms with Gasteiger partial charge in [-0.15, -0.1) is 0 Å². The van der Waals surface area contributed by atoms with E-state index in [1.807, 2.05) is 32.0 Å². The second-order valence-corrected chi connectivity index (χ2v) is 6.16. The number of anilines is 2. The molecule has 0 fully saturated rings. The molecule has 1 aromatic carbocycles. The van der Waals surface area contributed by atoms with E-state index in [1.165, 1.54) is 12.7 Å². The van der Waals surface area contributed by atoms with Gasteiger partial charge in [0.15, 0.2) is 0 Å². The van der Waals surface area contributed by atoms with Crippen molar-refractivity contribution in [1.82, 2.24) is 4.98 Å². The molecule has 0 unspecified atom stereocenters. The van der Waals surface area contributed by atoms with Crippen LogP contribution >= 0.6 is 0 Å². The number of benzene rings is 1. The van der Waals surface area contributed by atoms with Crippen LogP contribution in [0.4, 0.5) is 11.4 Å². The summed E-state index contributed by atoms with van der Waals surface area (Å²) in [5.74, 6) is 0.341. The number of hydrogen-bond donors (Lipinski definition) is 1. The summed E-state index contributed by atoms with van der Waals surface area (Å²) in [4.78, 5) is 16.5. The number of carbonyl (C=O) groups is 1. The molecule has 1 aliphatic heterocycles. The van der Waals surface area contributed by atoms with Gasteiger partial charge in [0.1, 0.15) is 5.75 Å². The molecule has 1 aromatic heterocycles. The fraction of sp³-hybridized carbons (Fsp3) is 0.333. The molecule has 0 amide bonds. The topological polar surface area (TPSA) is 69.7 Å². The Hall–Kier alpha value is -2.86. The molecular formula is C21H24N2O4. The Morgan fingerprint density at radius 3 is 2.89 bits per heavy atom. The average molecular weight is 368 g/mol. The standard InChI is InChI=1S/C21H24N2O4/c1-4-27-20-16(15-8-10-26-11-9-15)6-5-7-18(20)23-19-13-22-14(2)12-17(19)21(24)25-3/h5-8,12-13,23H,4,9-11H2,1-3H3. The Morgan fingerprint density at radius 1 is 1.33 bits per heavy atom. The van der Waals surface area contributed by atoms with Gasteiger partial charge in [-0.25, -0.2) is 4.79 Å². The van der Waals surface area contributed by atoms with Gasteiger partial charge in [0.25, 0.3) is 0 Å². The minimum atomic E-state index is -0.413. The number of nitrogens with one attached hydrogen (secondary N) is 1. The van der Waals surface area contributed by atoms with Crippen LogP contribution in [0.2, 0.25) is 0 Å². The van der Waals surface area contributed by atoms with Crippen LogP contribution in [0.1, 0.15) is 35.0 Å². The minimum absolute atomic E-state index is 0.413. The summed E-state index contributed by atoms with van der Waals surface area (Å²) >= 11 is 0. The maximum absolute atomic E-state index is 12.2. The number of nitrogens with zero attached hydrogens (tertiary/aromatic N) is 1. The van der Waals surface area contributed by atoms with Crippen molar-refractivity contribution in [3.8, 4) is 5.75 Å². The first-order chi connectivity index (χ1) is 13.1. The van der Waals surface area contributed by atoms with E-state index in [9.17, 15) is 4.79 Å². The number of aryl methyl sites for hydroxylation is 1. The molecule has 0 saturated heterocycles. The highest BCUT2D eigenvalue weighted by Crippen LogP contribution is 2.38. The van der Waals surface area contributed by atoms with Crippen molar-refractivity contribution in [2.24, 2.45) is 0 Å². The number of ether oxygens (including phenoxy) is 3. The molecule has 0 spiro atoms. The highest BCUT2D eigenvalue weighted by molar-refractivity contribution is 5.96. The smallest absolute Gasteiger partial charge is 0.340 e. The van der Waals surface area contributed by atoms with E-state index in [0.717, 1.165) is 29.1 Å². The van der Waals surface area contributed by atoms with Crippen molar-refractivity contribution in [1.29, 1.82) is 0 Å². The van der Waals surface area contributed by atoms with Crippen molar-refractivity contribution in [2.45, 2.75) is 20.3 Å². The summed E-state index contributed by atoms with van der Waals surface area (Å²) in [6, 6.07) is 7.65. The van der Waals surface area contributed by atoms with Gasteiger partial charge in [-0.2, -0.15) is 0 Å². The summed E-state index contributed by atoms with van der Waals surface area (Å²) in [5, 5.41) is 3.30. The van der Waals surface area contributed by atoms with Gasteiger partial charge in [0, 0.05) is 11.3 Å². The van der Waals surface area contributed by atoms with Crippen LogP contribution in [0.15, 0.2) is 36.5 Å². The zero-order chi connectivity index (χ0) is 19.2. The van der Waals surface area contributed by atoms with Gasteiger partial charge in [-0.05, 0) is 38.0 Å². The third-order valence-electron chi connectivity index (χ3n) is 4.33. The number of aromatic nitrogens is 1. The summed E-state index contributed by atoms with van der Waals surface area (Å²) in [7, 11) is 1.37. The monoisotopic (exact) mass is 368 g/mol. The third-order valence-corrected chi connectivity index (χ3v) is 4.33. The Morgan fingerprint density at radius 2 is 2.19 bits per heavy atom. The molecule has 1 N–H and O–H groups in total. The van der Waals surface area contributed by atoms with Gasteiger partial charge in [-0.1, -0.05) is 18.2 Å². The average Bonchev–Trinajstić information content (AvgIpc) is 2.70. The largest absolute Gasteiger partial charge is 0.491 e. The summed E-state index contributed by atoms with van der Waals surface area (Å²) in [5.41, 5.74) is 4.76. The van der Waals surface area contributed by atoms with Gasteiger partial charge in [0.05, 0.1) is 50.1 Å². The molecule has 6 heteroatoms. The van der Waals surface area contributed by atoms with E-state index >= 15 is 0 Å². The maximum Gasteiger partial charge on any atom is 0.340 e. The summed E-state index contributed by atoms with van der Waals surface area (Å²) in [6.45, 7) is 5.62. The SMILES string of the molecule is CCOc1c(Nc2cnc(C)cc2C(=O)OC)cccc1C1=CCOCC1. The predicted octanol–water partition coefficient (Wildman–Crippen LogP) is 4.12. The highest BCUT2D eigenvalue weighted by Gasteiger charge is 2.18. The van der Waals surface area contributed by atoms with Crippen LogP contribution in [0.3, 0.4) is 0 Å². The number of methoxy groups -OCH3 is 1. The lowest BCUT2D eigenvalue weighted by atomic mass is 9.99. The van der Waals surface area contributed by atoms with Crippen LogP contribution in [0.5, 0.6) is 5.75 Å². The number of pyridine rings is 1. The Balaban J connectivity index is 2.03. The minimum Gasteiger partial charge on any atom is -0.491 e. The molecule has 0 saturated carbocycles. The van der Waals surface area contributed by atoms with Crippen LogP contribution in [-0.4, -0.2) is 37.9 Å². The number of esters is 1. The predicted molar refractivity (Wildman–Crippen MR) is 105 cm³/mol. The summed E-state index contributed by atoms with van der Waals surface area (Å²) in [6.07, 6.45) is 4.55. The zero-order valence-electron chi connectivity index (χ0n) is 15.9. The van der Waals surface area contributed by atoms with E-state index in [1.54, 1.807) is 12.3 Å². The van der Waals surface area contributed by atoms with Crippen LogP contribution in [0, 0.1) is 6.92 Å². The number of rotatable bonds is 6. The number of para-hydroxylation sites is 1. The Bertz CT molecular complexity index is 861. The summed E-state index contributed by atoms with van der Waals surface area (Å²) < 4.78 is 16.3. The Labute approximate surface area is 159 Å². The van der Waals surface area contributed by atoms with E-state index < -0.39 is 5.97 Å². The van der Waals surface area contributed by atoms with Crippen molar-refractivity contribution in [2.75, 3.05) is 32.2 Å². The van der Waals surface area contributed by atoms with Crippen molar-refractivity contribution >= 4 is 22.9 Å². The first-order valence-corrected chi connectivity index (χ1v) is 8.99. The number of carbonyl (C=O) groups excluding carboxylic acids is 1. The van der Waals surface area contributed by atoms with Crippen molar-refractivity contribution in [3.63, 3.8) is 0 Å². The molecule has 0 radical (unpaired) electrons. The molecular weight excluding hydrogens is 344 g/mol. The second-order valence-electron chi connectivity index (χ2n) is 6.16. The molecule has 142 valence electrons. The molecule has 2 aromatic rings. The second kappa shape index (κ2) is 8.68. The lowest BCUT2D eigenvalue weighted by Gasteiger charge is -2.20. The third kappa shape index (κ3) is 4.28. The van der Waals surface area contributed by atoms with E-state index in [0.29, 0.717) is 31.1 Å². The fourth-order valence-electron chi connectivity index (χ4n) is 3.04. The van der Waals surface area contributed by atoms with E-state index in [2.05, 4.69) is 16.4 Å². The van der Waals surface area contributed by atoms with Gasteiger partial charge >= 0.3 is 5.97 Å². The van der Waals surface area contributed by atoms with Crippen molar-refractivity contribution in [3.05, 3.63) is 53.4 Å². The number of hydrogen-bond acceptors (Lipinski definition) is 6. The molecule has 2 heterocycles. The molecule has 6 nitrogen and oxygen atoms in total. The van der Waals surface area contributed by atoms with Crippen LogP contribution < -0.4 is 10.1 Å². The molecule has 27 heavy (non-hydrogen) atoms. The maximum atomic E-state index is 12.2. The lowest BCUT2D eigenvalue weighted by Crippen LogP contribution is -2.09. The molecule has 3 rings (SSSR count). The van der Waals surface area contributed by atoms with E-state index in [-0.39, 0.29) is 0 Å². The van der Waals surface area contributed by atoms with Gasteiger partial charge < -0.3 is 19.5 Å². The zero-order valence-corrected chi connectivity index (χ0v) is 15.9. The molecule has 0 aliphatic carbocycles. The van der Waals surface area contributed by atoms with Crippen molar-refractivity contribution < 1.29 is 19.0 Å². The molecule has 0 bridgehead atoms. The fourth-order valence-corrected chi connectivity index (χ4v) is 3.04. The highest BCUT2D eigenvalue weighted by atomic mass is 16.5. The van der Waals surface area contributed by atoms with Gasteiger partial charge in [0.2, 0.25) is 0 Å². The lowest BCUT2D eigenvalue weighted by molar-refractivity contribution is 0.0601. The van der Waals surface area contributed by atoms with Gasteiger partial charge in [-0.3, -0.25) is 4.98 Å². The first kappa shape index (κ1) is 18.9. The van der Waals surface area contributed by atoms with E-state index in [4.69, 9.17) is 14.2 Å². The first-order valence-electron chi connectivity index (χ1n) is 8.99.